The van der Waals surface area contributed by atoms with Gasteiger partial charge in [-0.25, -0.2) is 0 Å². The predicted molar refractivity (Wildman–Crippen MR) is 58.5 cm³/mol. The molecule has 1 aromatic heterocycles. The van der Waals surface area contributed by atoms with E-state index >= 15 is 0 Å². The van der Waals surface area contributed by atoms with Gasteiger partial charge in [0.2, 0.25) is 17.1 Å². The van der Waals surface area contributed by atoms with Crippen LogP contribution in [0.15, 0.2) is 33.5 Å². The van der Waals surface area contributed by atoms with Crippen LogP contribution in [0.4, 0.5) is 5.88 Å². The highest BCUT2D eigenvalue weighted by Crippen LogP contribution is 2.26. The van der Waals surface area contributed by atoms with Crippen LogP contribution in [-0.4, -0.2) is 19.2 Å². The first-order valence-electron chi connectivity index (χ1n) is 4.53. The SMILES string of the molecule is CN(C)c1oc2ccccc2c(=O)c1O. The summed E-state index contributed by atoms with van der Waals surface area (Å²) in [5.74, 6) is -0.169. The highest BCUT2D eigenvalue weighted by atomic mass is 16.4. The summed E-state index contributed by atoms with van der Waals surface area (Å²) in [6.45, 7) is 0. The third-order valence-corrected chi connectivity index (χ3v) is 2.16. The summed E-state index contributed by atoms with van der Waals surface area (Å²) in [6.07, 6.45) is 0. The van der Waals surface area contributed by atoms with E-state index in [-0.39, 0.29) is 11.6 Å². The summed E-state index contributed by atoms with van der Waals surface area (Å²) in [7, 11) is 3.40. The van der Waals surface area contributed by atoms with Crippen molar-refractivity contribution in [2.45, 2.75) is 0 Å². The number of anilines is 1. The zero-order valence-electron chi connectivity index (χ0n) is 8.52. The molecule has 4 nitrogen and oxygen atoms in total. The topological polar surface area (TPSA) is 53.7 Å². The van der Waals surface area contributed by atoms with Gasteiger partial charge in [0, 0.05) is 14.1 Å². The standard InChI is InChI=1S/C11H11NO3/c1-12(2)11-10(14)9(13)7-5-3-4-6-8(7)15-11/h3-6,14H,1-2H3. The Kier molecular flexibility index (Phi) is 2.11. The number of hydrogen-bond acceptors (Lipinski definition) is 4. The summed E-state index contributed by atoms with van der Waals surface area (Å²) in [4.78, 5) is 13.3. The lowest BCUT2D eigenvalue weighted by Gasteiger charge is -2.12. The summed E-state index contributed by atoms with van der Waals surface area (Å²) >= 11 is 0. The molecule has 2 aromatic rings. The van der Waals surface area contributed by atoms with Crippen molar-refractivity contribution in [1.82, 2.24) is 0 Å². The van der Waals surface area contributed by atoms with Crippen LogP contribution in [0, 0.1) is 0 Å². The van der Waals surface area contributed by atoms with Gasteiger partial charge in [0.1, 0.15) is 5.58 Å². The molecule has 0 saturated carbocycles. The van der Waals surface area contributed by atoms with E-state index in [1.807, 2.05) is 0 Å². The van der Waals surface area contributed by atoms with Crippen LogP contribution in [0.3, 0.4) is 0 Å². The summed E-state index contributed by atoms with van der Waals surface area (Å²) in [5.41, 5.74) is 0.0737. The zero-order chi connectivity index (χ0) is 11.0. The van der Waals surface area contributed by atoms with E-state index in [1.165, 1.54) is 0 Å². The molecule has 4 heteroatoms. The number of fused-ring (bicyclic) bond motifs is 1. The Bertz CT molecular complexity index is 557. The Hall–Kier alpha value is -1.97. The van der Waals surface area contributed by atoms with Crippen LogP contribution in [0.5, 0.6) is 5.75 Å². The third-order valence-electron chi connectivity index (χ3n) is 2.16. The zero-order valence-corrected chi connectivity index (χ0v) is 8.52. The smallest absolute Gasteiger partial charge is 0.242 e. The van der Waals surface area contributed by atoms with Gasteiger partial charge < -0.3 is 14.4 Å². The molecule has 0 atom stereocenters. The third kappa shape index (κ3) is 1.44. The maximum absolute atomic E-state index is 11.7. The van der Waals surface area contributed by atoms with E-state index < -0.39 is 5.43 Å². The molecule has 0 amide bonds. The molecular weight excluding hydrogens is 194 g/mol. The molecule has 0 aliphatic carbocycles. The van der Waals surface area contributed by atoms with E-state index in [0.717, 1.165) is 0 Å². The van der Waals surface area contributed by atoms with Gasteiger partial charge in [-0.05, 0) is 12.1 Å². The predicted octanol–water partition coefficient (Wildman–Crippen LogP) is 1.56. The Morgan fingerprint density at radius 3 is 2.60 bits per heavy atom. The first kappa shape index (κ1) is 9.58. The highest BCUT2D eigenvalue weighted by molar-refractivity contribution is 5.79. The average Bonchev–Trinajstić information content (AvgIpc) is 2.23. The van der Waals surface area contributed by atoms with Crippen LogP contribution in [0.25, 0.3) is 11.0 Å². The van der Waals surface area contributed by atoms with Gasteiger partial charge >= 0.3 is 0 Å². The van der Waals surface area contributed by atoms with Gasteiger partial charge in [-0.3, -0.25) is 4.79 Å². The second-order valence-corrected chi connectivity index (χ2v) is 3.48. The summed E-state index contributed by atoms with van der Waals surface area (Å²) < 4.78 is 5.41. The molecule has 1 heterocycles. The average molecular weight is 205 g/mol. The molecule has 0 aliphatic heterocycles. The van der Waals surface area contributed by atoms with Crippen molar-refractivity contribution in [1.29, 1.82) is 0 Å². The fourth-order valence-corrected chi connectivity index (χ4v) is 1.42. The second-order valence-electron chi connectivity index (χ2n) is 3.48. The van der Waals surface area contributed by atoms with E-state index in [1.54, 1.807) is 43.3 Å². The van der Waals surface area contributed by atoms with Crippen LogP contribution < -0.4 is 10.3 Å². The molecule has 15 heavy (non-hydrogen) atoms. The fraction of sp³-hybridized carbons (Fsp3) is 0.182. The van der Waals surface area contributed by atoms with Crippen molar-refractivity contribution in [3.05, 3.63) is 34.5 Å². The number of rotatable bonds is 1. The molecule has 0 fully saturated rings. The van der Waals surface area contributed by atoms with Gasteiger partial charge in [-0.15, -0.1) is 0 Å². The van der Waals surface area contributed by atoms with Gasteiger partial charge in [-0.1, -0.05) is 12.1 Å². The minimum absolute atomic E-state index is 0.179. The van der Waals surface area contributed by atoms with E-state index in [2.05, 4.69) is 0 Å². The maximum atomic E-state index is 11.7. The molecule has 1 N–H and O–H groups in total. The van der Waals surface area contributed by atoms with E-state index in [9.17, 15) is 9.90 Å². The number of aromatic hydroxyl groups is 1. The number of para-hydroxylation sites is 1. The van der Waals surface area contributed by atoms with E-state index in [0.29, 0.717) is 11.0 Å². The first-order valence-corrected chi connectivity index (χ1v) is 4.53. The molecule has 0 aliphatic rings. The molecule has 78 valence electrons. The quantitative estimate of drug-likeness (QED) is 0.767. The normalized spacial score (nSPS) is 10.5. The van der Waals surface area contributed by atoms with Crippen molar-refractivity contribution in [3.63, 3.8) is 0 Å². The van der Waals surface area contributed by atoms with Crippen molar-refractivity contribution in [2.24, 2.45) is 0 Å². The van der Waals surface area contributed by atoms with E-state index in [4.69, 9.17) is 4.42 Å². The fourth-order valence-electron chi connectivity index (χ4n) is 1.42. The van der Waals surface area contributed by atoms with Gasteiger partial charge in [0.15, 0.2) is 0 Å². The summed E-state index contributed by atoms with van der Waals surface area (Å²) in [6, 6.07) is 6.83. The largest absolute Gasteiger partial charge is 0.500 e. The molecule has 0 spiro atoms. The number of hydrogen-bond donors (Lipinski definition) is 1. The van der Waals surface area contributed by atoms with Gasteiger partial charge in [-0.2, -0.15) is 0 Å². The lowest BCUT2D eigenvalue weighted by atomic mass is 10.2. The number of benzene rings is 1. The van der Waals surface area contributed by atoms with Crippen LogP contribution >= 0.6 is 0 Å². The summed E-state index contributed by atoms with van der Waals surface area (Å²) in [5, 5.41) is 10.0. The Morgan fingerprint density at radius 1 is 1.27 bits per heavy atom. The van der Waals surface area contributed by atoms with Crippen LogP contribution in [-0.2, 0) is 0 Å². The monoisotopic (exact) mass is 205 g/mol. The van der Waals surface area contributed by atoms with Crippen LogP contribution in [0.1, 0.15) is 0 Å². The van der Waals surface area contributed by atoms with Gasteiger partial charge in [0.05, 0.1) is 5.39 Å². The van der Waals surface area contributed by atoms with Crippen molar-refractivity contribution in [3.8, 4) is 5.75 Å². The Balaban J connectivity index is 2.89. The van der Waals surface area contributed by atoms with Crippen LogP contribution in [0.2, 0.25) is 0 Å². The van der Waals surface area contributed by atoms with Crippen molar-refractivity contribution in [2.75, 3.05) is 19.0 Å². The van der Waals surface area contributed by atoms with Crippen molar-refractivity contribution < 1.29 is 9.52 Å². The lowest BCUT2D eigenvalue weighted by Crippen LogP contribution is -2.13. The molecule has 0 unspecified atom stereocenters. The minimum Gasteiger partial charge on any atom is -0.500 e. The molecule has 0 radical (unpaired) electrons. The highest BCUT2D eigenvalue weighted by Gasteiger charge is 2.13. The van der Waals surface area contributed by atoms with Gasteiger partial charge in [0.25, 0.3) is 0 Å². The second kappa shape index (κ2) is 3.31. The van der Waals surface area contributed by atoms with Crippen molar-refractivity contribution >= 4 is 16.9 Å². The lowest BCUT2D eigenvalue weighted by molar-refractivity contribution is 0.444. The molecule has 2 rings (SSSR count). The molecular formula is C11H11NO3. The first-order chi connectivity index (χ1) is 7.11. The number of nitrogens with zero attached hydrogens (tertiary/aromatic N) is 1. The Labute approximate surface area is 86.4 Å². The maximum Gasteiger partial charge on any atom is 0.242 e. The molecule has 0 saturated heterocycles. The Morgan fingerprint density at radius 2 is 1.93 bits per heavy atom. The molecule has 0 bridgehead atoms. The minimum atomic E-state index is -0.402. The molecule has 1 aromatic carbocycles.